The first-order chi connectivity index (χ1) is 13.0. The van der Waals surface area contributed by atoms with Crippen LogP contribution in [0.25, 0.3) is 0 Å². The number of benzene rings is 2. The number of hydrogen-bond acceptors (Lipinski definition) is 4. The molecule has 7 nitrogen and oxygen atoms in total. The van der Waals surface area contributed by atoms with Crippen LogP contribution in [0.3, 0.4) is 0 Å². The van der Waals surface area contributed by atoms with E-state index in [1.807, 2.05) is 0 Å². The van der Waals surface area contributed by atoms with E-state index in [2.05, 4.69) is 10.6 Å². The van der Waals surface area contributed by atoms with Crippen LogP contribution in [0.2, 0.25) is 5.02 Å². The topological polar surface area (TPSA) is 103 Å². The molecule has 2 aromatic carbocycles. The summed E-state index contributed by atoms with van der Waals surface area (Å²) in [6.07, 6.45) is 0.0487. The fourth-order valence-electron chi connectivity index (χ4n) is 2.41. The molecule has 27 heavy (non-hydrogen) atoms. The van der Waals surface area contributed by atoms with Crippen LogP contribution in [0.4, 0.5) is 4.79 Å². The molecule has 0 aromatic heterocycles. The number of carbonyl (C=O) groups is 2. The Balaban J connectivity index is 1.80. The van der Waals surface area contributed by atoms with Crippen LogP contribution in [0.5, 0.6) is 11.5 Å². The summed E-state index contributed by atoms with van der Waals surface area (Å²) < 4.78 is 10.6. The Bertz CT molecular complexity index is 751. The Kier molecular flexibility index (Phi) is 7.76. The van der Waals surface area contributed by atoms with E-state index in [0.717, 1.165) is 11.3 Å². The molecule has 0 saturated heterocycles. The normalized spacial score (nSPS) is 11.3. The zero-order chi connectivity index (χ0) is 19.6. The van der Waals surface area contributed by atoms with E-state index < -0.39 is 12.1 Å². The lowest BCUT2D eigenvalue weighted by molar-refractivity contribution is -0.121. The maximum Gasteiger partial charge on any atom is 0.312 e. The summed E-state index contributed by atoms with van der Waals surface area (Å²) in [6, 6.07) is 12.8. The van der Waals surface area contributed by atoms with Crippen molar-refractivity contribution >= 4 is 23.5 Å². The van der Waals surface area contributed by atoms with E-state index in [9.17, 15) is 9.59 Å². The predicted molar refractivity (Wildman–Crippen MR) is 103 cm³/mol. The van der Waals surface area contributed by atoms with Crippen molar-refractivity contribution in [2.45, 2.75) is 12.5 Å². The number of rotatable bonds is 9. The maximum absolute atomic E-state index is 12.2. The SMILES string of the molecule is COc1ccc(OCCNC(=O)CC(NC(N)=O)c2ccc(Cl)cc2)cc1. The minimum atomic E-state index is -0.703. The van der Waals surface area contributed by atoms with Gasteiger partial charge in [-0.25, -0.2) is 4.79 Å². The highest BCUT2D eigenvalue weighted by molar-refractivity contribution is 6.30. The molecule has 144 valence electrons. The lowest BCUT2D eigenvalue weighted by Crippen LogP contribution is -2.37. The summed E-state index contributed by atoms with van der Waals surface area (Å²) in [5.41, 5.74) is 5.95. The summed E-state index contributed by atoms with van der Waals surface area (Å²) >= 11 is 5.87. The average Bonchev–Trinajstić information content (AvgIpc) is 2.65. The van der Waals surface area contributed by atoms with Crippen molar-refractivity contribution in [3.05, 3.63) is 59.1 Å². The Hall–Kier alpha value is -2.93. The fourth-order valence-corrected chi connectivity index (χ4v) is 2.53. The van der Waals surface area contributed by atoms with E-state index in [0.29, 0.717) is 23.9 Å². The molecule has 8 heteroatoms. The second-order valence-corrected chi connectivity index (χ2v) is 6.13. The highest BCUT2D eigenvalue weighted by Gasteiger charge is 2.17. The number of amides is 3. The van der Waals surface area contributed by atoms with Gasteiger partial charge in [0.2, 0.25) is 5.91 Å². The van der Waals surface area contributed by atoms with E-state index >= 15 is 0 Å². The summed E-state index contributed by atoms with van der Waals surface area (Å²) in [4.78, 5) is 23.4. The van der Waals surface area contributed by atoms with Crippen LogP contribution in [-0.2, 0) is 4.79 Å². The molecular weight excluding hydrogens is 370 g/mol. The van der Waals surface area contributed by atoms with Crippen molar-refractivity contribution in [3.63, 3.8) is 0 Å². The molecule has 1 unspecified atom stereocenters. The molecule has 0 heterocycles. The molecular formula is C19H22ClN3O4. The Morgan fingerprint density at radius 1 is 1.07 bits per heavy atom. The lowest BCUT2D eigenvalue weighted by atomic mass is 10.0. The number of urea groups is 1. The predicted octanol–water partition coefficient (Wildman–Crippen LogP) is 2.64. The van der Waals surface area contributed by atoms with Gasteiger partial charge in [-0.05, 0) is 42.0 Å². The molecule has 0 saturated carbocycles. The Morgan fingerprint density at radius 2 is 1.70 bits per heavy atom. The zero-order valence-corrected chi connectivity index (χ0v) is 15.7. The largest absolute Gasteiger partial charge is 0.497 e. The third-order valence-electron chi connectivity index (χ3n) is 3.73. The smallest absolute Gasteiger partial charge is 0.312 e. The van der Waals surface area contributed by atoms with Gasteiger partial charge in [0, 0.05) is 5.02 Å². The molecule has 0 aliphatic heterocycles. The van der Waals surface area contributed by atoms with Gasteiger partial charge < -0.3 is 25.8 Å². The van der Waals surface area contributed by atoms with Gasteiger partial charge in [-0.15, -0.1) is 0 Å². The van der Waals surface area contributed by atoms with Gasteiger partial charge in [-0.3, -0.25) is 4.79 Å². The van der Waals surface area contributed by atoms with Gasteiger partial charge in [0.1, 0.15) is 18.1 Å². The van der Waals surface area contributed by atoms with Crippen molar-refractivity contribution in [1.29, 1.82) is 0 Å². The second kappa shape index (κ2) is 10.3. The van der Waals surface area contributed by atoms with Crippen LogP contribution in [-0.4, -0.2) is 32.2 Å². The van der Waals surface area contributed by atoms with Crippen molar-refractivity contribution in [2.24, 2.45) is 5.73 Å². The first-order valence-corrected chi connectivity index (χ1v) is 8.70. The molecule has 4 N–H and O–H groups in total. The van der Waals surface area contributed by atoms with Crippen molar-refractivity contribution < 1.29 is 19.1 Å². The van der Waals surface area contributed by atoms with E-state index in [1.54, 1.807) is 55.6 Å². The number of hydrogen-bond donors (Lipinski definition) is 3. The second-order valence-electron chi connectivity index (χ2n) is 5.69. The summed E-state index contributed by atoms with van der Waals surface area (Å²) in [5.74, 6) is 1.19. The fraction of sp³-hybridized carbons (Fsp3) is 0.263. The molecule has 2 rings (SSSR count). The van der Waals surface area contributed by atoms with E-state index in [-0.39, 0.29) is 12.3 Å². The summed E-state index contributed by atoms with van der Waals surface area (Å²) in [7, 11) is 1.59. The summed E-state index contributed by atoms with van der Waals surface area (Å²) in [5, 5.41) is 5.89. The van der Waals surface area contributed by atoms with Gasteiger partial charge in [-0.1, -0.05) is 23.7 Å². The lowest BCUT2D eigenvalue weighted by Gasteiger charge is -2.18. The van der Waals surface area contributed by atoms with Gasteiger partial charge in [0.25, 0.3) is 0 Å². The number of ether oxygens (including phenoxy) is 2. The van der Waals surface area contributed by atoms with Gasteiger partial charge in [-0.2, -0.15) is 0 Å². The highest BCUT2D eigenvalue weighted by atomic mass is 35.5. The Labute approximate surface area is 162 Å². The third kappa shape index (κ3) is 7.07. The monoisotopic (exact) mass is 391 g/mol. The molecule has 0 aliphatic rings. The van der Waals surface area contributed by atoms with Crippen LogP contribution >= 0.6 is 11.6 Å². The number of primary amides is 1. The van der Waals surface area contributed by atoms with Crippen molar-refractivity contribution in [3.8, 4) is 11.5 Å². The standard InChI is InChI=1S/C19H22ClN3O4/c1-26-15-6-8-16(9-7-15)27-11-10-22-18(24)12-17(23-19(21)25)13-2-4-14(20)5-3-13/h2-9,17H,10-12H2,1H3,(H,22,24)(H3,21,23,25). The van der Waals surface area contributed by atoms with E-state index in [1.165, 1.54) is 0 Å². The molecule has 0 bridgehead atoms. The van der Waals surface area contributed by atoms with Crippen molar-refractivity contribution in [2.75, 3.05) is 20.3 Å². The molecule has 2 aromatic rings. The van der Waals surface area contributed by atoms with Crippen LogP contribution in [0.15, 0.2) is 48.5 Å². The van der Waals surface area contributed by atoms with Crippen molar-refractivity contribution in [1.82, 2.24) is 10.6 Å². The van der Waals surface area contributed by atoms with E-state index in [4.69, 9.17) is 26.8 Å². The van der Waals surface area contributed by atoms with Crippen LogP contribution in [0.1, 0.15) is 18.0 Å². The van der Waals surface area contributed by atoms with Gasteiger partial charge >= 0.3 is 6.03 Å². The molecule has 0 radical (unpaired) electrons. The minimum Gasteiger partial charge on any atom is -0.497 e. The maximum atomic E-state index is 12.2. The van der Waals surface area contributed by atoms with Gasteiger partial charge in [0.15, 0.2) is 0 Å². The summed E-state index contributed by atoms with van der Waals surface area (Å²) in [6.45, 7) is 0.641. The van der Waals surface area contributed by atoms with Crippen LogP contribution < -0.4 is 25.8 Å². The quantitative estimate of drug-likeness (QED) is 0.572. The number of halogens is 1. The van der Waals surface area contributed by atoms with Crippen LogP contribution in [0, 0.1) is 0 Å². The zero-order valence-electron chi connectivity index (χ0n) is 14.9. The van der Waals surface area contributed by atoms with Gasteiger partial charge in [0.05, 0.1) is 26.1 Å². The number of nitrogens with two attached hydrogens (primary N) is 1. The first-order valence-electron chi connectivity index (χ1n) is 8.33. The first kappa shape index (κ1) is 20.4. The molecule has 3 amide bonds. The molecule has 0 spiro atoms. The molecule has 1 atom stereocenters. The number of nitrogens with one attached hydrogen (secondary N) is 2. The highest BCUT2D eigenvalue weighted by Crippen LogP contribution is 2.19. The third-order valence-corrected chi connectivity index (χ3v) is 3.98. The minimum absolute atomic E-state index is 0.0487. The molecule has 0 fully saturated rings. The number of carbonyl (C=O) groups excluding carboxylic acids is 2. The average molecular weight is 392 g/mol. The molecule has 0 aliphatic carbocycles. The Morgan fingerprint density at radius 3 is 2.30 bits per heavy atom. The number of methoxy groups -OCH3 is 1.